The van der Waals surface area contributed by atoms with Gasteiger partial charge in [0.1, 0.15) is 20.5 Å². The van der Waals surface area contributed by atoms with Crippen molar-refractivity contribution >= 4 is 69.5 Å². The molecule has 0 atom stereocenters. The summed E-state index contributed by atoms with van der Waals surface area (Å²) in [6, 6.07) is 11.2. The van der Waals surface area contributed by atoms with Crippen molar-refractivity contribution in [3.05, 3.63) is 68.6 Å². The van der Waals surface area contributed by atoms with Crippen LogP contribution in [0.25, 0.3) is 11.1 Å². The van der Waals surface area contributed by atoms with E-state index in [4.69, 9.17) is 66.8 Å². The van der Waals surface area contributed by atoms with Gasteiger partial charge in [-0.2, -0.15) is 0 Å². The number of phenolic OH excluding ortho intramolecular Hbond substituents is 2. The van der Waals surface area contributed by atoms with Crippen LogP contribution < -0.4 is 0 Å². The number of halogens is 4. The van der Waals surface area contributed by atoms with E-state index in [0.717, 1.165) is 0 Å². The van der Waals surface area contributed by atoms with Gasteiger partial charge in [-0.05, 0) is 35.4 Å². The molecule has 0 bridgehead atoms. The second kappa shape index (κ2) is 10.8. The highest BCUT2D eigenvalue weighted by Crippen LogP contribution is 2.27. The summed E-state index contributed by atoms with van der Waals surface area (Å²) in [7, 11) is 0. The zero-order valence-corrected chi connectivity index (χ0v) is 16.8. The number of aromatic hydroxyl groups is 2. The molecular formula is C18H12Cl4O6. The number of rotatable bonds is 4. The average molecular weight is 466 g/mol. The van der Waals surface area contributed by atoms with Crippen molar-refractivity contribution in [1.82, 2.24) is 0 Å². The lowest BCUT2D eigenvalue weighted by Crippen LogP contribution is -2.00. The van der Waals surface area contributed by atoms with Gasteiger partial charge in [-0.1, -0.05) is 70.7 Å². The van der Waals surface area contributed by atoms with Gasteiger partial charge in [-0.25, -0.2) is 9.59 Å². The molecule has 4 N–H and O–H groups in total. The first-order valence-corrected chi connectivity index (χ1v) is 8.71. The maximum absolute atomic E-state index is 10.7. The van der Waals surface area contributed by atoms with Gasteiger partial charge in [-0.3, -0.25) is 0 Å². The summed E-state index contributed by atoms with van der Waals surface area (Å²) in [5.41, 5.74) is 0.186. The molecule has 10 heteroatoms. The normalized spacial score (nSPS) is 9.57. The first-order valence-electron chi connectivity index (χ1n) is 7.20. The van der Waals surface area contributed by atoms with E-state index in [1.165, 1.54) is 48.5 Å². The Bertz CT molecular complexity index is 927. The van der Waals surface area contributed by atoms with Crippen LogP contribution in [0.1, 0.15) is 11.1 Å². The Kier molecular flexibility index (Phi) is 9.15. The molecule has 6 nitrogen and oxygen atoms in total. The molecule has 0 aromatic heterocycles. The summed E-state index contributed by atoms with van der Waals surface area (Å²) in [6.45, 7) is 0. The Morgan fingerprint density at radius 2 is 1.11 bits per heavy atom. The molecule has 0 aliphatic heterocycles. The minimum absolute atomic E-state index is 0.0455. The molecule has 0 fully saturated rings. The Labute approximate surface area is 179 Å². The molecule has 0 unspecified atom stereocenters. The topological polar surface area (TPSA) is 115 Å². The van der Waals surface area contributed by atoms with Gasteiger partial charge in [0.2, 0.25) is 0 Å². The molecular weight excluding hydrogens is 454 g/mol. The van der Waals surface area contributed by atoms with E-state index >= 15 is 0 Å². The first-order chi connectivity index (χ1) is 13.0. The van der Waals surface area contributed by atoms with Crippen LogP contribution in [0, 0.1) is 0 Å². The number of carboxylic acids is 2. The first kappa shape index (κ1) is 23.7. The molecule has 0 spiro atoms. The van der Waals surface area contributed by atoms with Gasteiger partial charge < -0.3 is 20.4 Å². The molecule has 0 heterocycles. The molecule has 2 aromatic rings. The van der Waals surface area contributed by atoms with E-state index in [0.29, 0.717) is 5.56 Å². The molecule has 0 amide bonds. The fourth-order valence-electron chi connectivity index (χ4n) is 1.92. The summed E-state index contributed by atoms with van der Waals surface area (Å²) < 4.78 is -0.661. The third-order valence-electron chi connectivity index (χ3n) is 3.10. The second-order valence-electron chi connectivity index (χ2n) is 4.98. The van der Waals surface area contributed by atoms with Crippen molar-refractivity contribution in [2.45, 2.75) is 0 Å². The lowest BCUT2D eigenvalue weighted by atomic mass is 10.1. The van der Waals surface area contributed by atoms with E-state index in [1.807, 2.05) is 0 Å². The summed E-state index contributed by atoms with van der Waals surface area (Å²) >= 11 is 21.6. The molecule has 0 radical (unpaired) electrons. The van der Waals surface area contributed by atoms with Gasteiger partial charge in [0.05, 0.1) is 11.1 Å². The SMILES string of the molecule is O=C(O)C(=C(Cl)Cl)c1ccc(O)cc1.O=C(O)C(=C(Cl)Cl)c1cccc(O)c1. The maximum atomic E-state index is 10.7. The lowest BCUT2D eigenvalue weighted by molar-refractivity contribution is -0.131. The van der Waals surface area contributed by atoms with Crippen molar-refractivity contribution in [1.29, 1.82) is 0 Å². The summed E-state index contributed by atoms with van der Waals surface area (Å²) in [5, 5.41) is 35.7. The Morgan fingerprint density at radius 3 is 1.50 bits per heavy atom. The van der Waals surface area contributed by atoms with Crippen LogP contribution in [-0.4, -0.2) is 32.4 Å². The van der Waals surface area contributed by atoms with Crippen molar-refractivity contribution in [3.8, 4) is 11.5 Å². The minimum atomic E-state index is -1.24. The van der Waals surface area contributed by atoms with Crippen LogP contribution in [0.5, 0.6) is 11.5 Å². The smallest absolute Gasteiger partial charge is 0.338 e. The second-order valence-corrected chi connectivity index (χ2v) is 6.88. The van der Waals surface area contributed by atoms with Crippen LogP contribution in [0.2, 0.25) is 0 Å². The Balaban J connectivity index is 0.000000280. The molecule has 28 heavy (non-hydrogen) atoms. The van der Waals surface area contributed by atoms with Crippen molar-refractivity contribution in [2.24, 2.45) is 0 Å². The van der Waals surface area contributed by atoms with Gasteiger partial charge in [-0.15, -0.1) is 0 Å². The monoisotopic (exact) mass is 464 g/mol. The molecule has 0 saturated carbocycles. The van der Waals surface area contributed by atoms with Gasteiger partial charge in [0, 0.05) is 0 Å². The number of phenols is 2. The van der Waals surface area contributed by atoms with Crippen molar-refractivity contribution in [3.63, 3.8) is 0 Å². The molecule has 0 aliphatic carbocycles. The number of hydrogen-bond acceptors (Lipinski definition) is 4. The van der Waals surface area contributed by atoms with E-state index in [1.54, 1.807) is 0 Å². The Morgan fingerprint density at radius 1 is 0.643 bits per heavy atom. The standard InChI is InChI=1S/2C9H6Cl2O3/c10-8(11)7(9(13)14)5-1-3-6(12)4-2-5;10-8(11)7(9(13)14)5-2-1-3-6(12)4-5/h2*1-4,12H,(H,13,14). The van der Waals surface area contributed by atoms with Crippen molar-refractivity contribution < 1.29 is 30.0 Å². The third-order valence-corrected chi connectivity index (χ3v) is 3.85. The quantitative estimate of drug-likeness (QED) is 0.458. The molecule has 0 aliphatic rings. The summed E-state index contributed by atoms with van der Waals surface area (Å²) in [5.74, 6) is -2.45. The van der Waals surface area contributed by atoms with E-state index in [9.17, 15) is 9.59 Å². The predicted octanol–water partition coefficient (Wildman–Crippen LogP) is 5.25. The molecule has 2 aromatic carbocycles. The molecule has 0 saturated heterocycles. The van der Waals surface area contributed by atoms with Gasteiger partial charge in [0.15, 0.2) is 0 Å². The zero-order valence-electron chi connectivity index (χ0n) is 13.7. The van der Waals surface area contributed by atoms with Crippen LogP contribution in [0.15, 0.2) is 57.5 Å². The van der Waals surface area contributed by atoms with Crippen molar-refractivity contribution in [2.75, 3.05) is 0 Å². The number of benzene rings is 2. The van der Waals surface area contributed by atoms with E-state index in [-0.39, 0.29) is 37.2 Å². The van der Waals surface area contributed by atoms with Gasteiger partial charge in [0.25, 0.3) is 0 Å². The van der Waals surface area contributed by atoms with Crippen LogP contribution in [-0.2, 0) is 9.59 Å². The molecule has 2 rings (SSSR count). The Hall–Kier alpha value is -2.38. The van der Waals surface area contributed by atoms with Crippen LogP contribution >= 0.6 is 46.4 Å². The highest BCUT2D eigenvalue weighted by molar-refractivity contribution is 6.61. The van der Waals surface area contributed by atoms with E-state index < -0.39 is 11.9 Å². The fraction of sp³-hybridized carbons (Fsp3) is 0. The lowest BCUT2D eigenvalue weighted by Gasteiger charge is -2.02. The zero-order chi connectivity index (χ0) is 21.4. The van der Waals surface area contributed by atoms with Crippen LogP contribution in [0.4, 0.5) is 0 Å². The minimum Gasteiger partial charge on any atom is -0.508 e. The number of carboxylic acid groups (broad SMARTS) is 2. The van der Waals surface area contributed by atoms with Crippen LogP contribution in [0.3, 0.4) is 0 Å². The highest BCUT2D eigenvalue weighted by atomic mass is 35.5. The number of aliphatic carboxylic acids is 2. The maximum Gasteiger partial charge on any atom is 0.338 e. The summed E-state index contributed by atoms with van der Waals surface area (Å²) in [6.07, 6.45) is 0. The average Bonchev–Trinajstić information content (AvgIpc) is 2.56. The number of carbonyl (C=O) groups is 2. The third kappa shape index (κ3) is 6.98. The summed E-state index contributed by atoms with van der Waals surface area (Å²) in [4.78, 5) is 21.5. The predicted molar refractivity (Wildman–Crippen MR) is 109 cm³/mol. The van der Waals surface area contributed by atoms with E-state index in [2.05, 4.69) is 0 Å². The highest BCUT2D eigenvalue weighted by Gasteiger charge is 2.15. The largest absolute Gasteiger partial charge is 0.508 e. The van der Waals surface area contributed by atoms with Gasteiger partial charge >= 0.3 is 11.9 Å². The fourth-order valence-corrected chi connectivity index (χ4v) is 2.68. The number of hydrogen-bond donors (Lipinski definition) is 4. The molecule has 148 valence electrons.